The molecule has 20 heavy (non-hydrogen) atoms. The van der Waals surface area contributed by atoms with Crippen molar-refractivity contribution in [3.05, 3.63) is 17.0 Å². The van der Waals surface area contributed by atoms with Crippen LogP contribution in [0.4, 0.5) is 0 Å². The first-order chi connectivity index (χ1) is 9.83. The second kappa shape index (κ2) is 7.30. The quantitative estimate of drug-likeness (QED) is 0.802. The molecule has 112 valence electrons. The smallest absolute Gasteiger partial charge is 0.0649 e. The Morgan fingerprint density at radius 1 is 1.30 bits per heavy atom. The lowest BCUT2D eigenvalue weighted by Crippen LogP contribution is -2.30. The Balaban J connectivity index is 1.42. The number of hydrogen-bond donors (Lipinski definition) is 1. The molecular formula is C16H25NOS2. The second-order valence-electron chi connectivity index (χ2n) is 5.97. The minimum atomic E-state index is 0.530. The zero-order valence-corrected chi connectivity index (χ0v) is 13.9. The monoisotopic (exact) mass is 311 g/mol. The van der Waals surface area contributed by atoms with Crippen molar-refractivity contribution >= 4 is 23.1 Å². The zero-order valence-electron chi connectivity index (χ0n) is 12.3. The Kier molecular flexibility index (Phi) is 5.43. The van der Waals surface area contributed by atoms with Gasteiger partial charge in [-0.3, -0.25) is 0 Å². The minimum Gasteiger partial charge on any atom is -0.377 e. The molecule has 2 nitrogen and oxygen atoms in total. The van der Waals surface area contributed by atoms with Gasteiger partial charge in [0.1, 0.15) is 0 Å². The average Bonchev–Trinajstić information content (AvgIpc) is 2.92. The lowest BCUT2D eigenvalue weighted by atomic mass is 9.98. The molecule has 0 amide bonds. The molecule has 2 atom stereocenters. The summed E-state index contributed by atoms with van der Waals surface area (Å²) in [5.41, 5.74) is 1.51. The number of thiophene rings is 1. The molecule has 0 saturated heterocycles. The van der Waals surface area contributed by atoms with E-state index in [1.165, 1.54) is 48.3 Å². The summed E-state index contributed by atoms with van der Waals surface area (Å²) in [5.74, 6) is 0. The first kappa shape index (κ1) is 14.9. The molecule has 1 saturated carbocycles. The number of rotatable bonds is 5. The second-order valence-corrected chi connectivity index (χ2v) is 8.59. The lowest BCUT2D eigenvalue weighted by Gasteiger charge is -2.28. The van der Waals surface area contributed by atoms with Crippen LogP contribution in [0.15, 0.2) is 15.7 Å². The van der Waals surface area contributed by atoms with Crippen LogP contribution in [0.2, 0.25) is 0 Å². The van der Waals surface area contributed by atoms with E-state index in [1.54, 1.807) is 0 Å². The molecule has 1 aromatic heterocycles. The van der Waals surface area contributed by atoms with Gasteiger partial charge >= 0.3 is 0 Å². The summed E-state index contributed by atoms with van der Waals surface area (Å²) in [7, 11) is 0. The van der Waals surface area contributed by atoms with Crippen LogP contribution in [0, 0.1) is 0 Å². The molecule has 0 aromatic carbocycles. The molecule has 1 aromatic rings. The van der Waals surface area contributed by atoms with Gasteiger partial charge in [-0.05, 0) is 36.3 Å². The highest BCUT2D eigenvalue weighted by Crippen LogP contribution is 2.43. The van der Waals surface area contributed by atoms with E-state index in [9.17, 15) is 0 Å². The zero-order chi connectivity index (χ0) is 13.8. The molecule has 1 unspecified atom stereocenters. The van der Waals surface area contributed by atoms with Crippen LogP contribution in [0.5, 0.6) is 0 Å². The highest BCUT2D eigenvalue weighted by Gasteiger charge is 2.25. The molecule has 1 fully saturated rings. The fraction of sp³-hybridized carbons (Fsp3) is 0.750. The predicted molar refractivity (Wildman–Crippen MR) is 87.8 cm³/mol. The van der Waals surface area contributed by atoms with Crippen LogP contribution in [0.3, 0.4) is 0 Å². The summed E-state index contributed by atoms with van der Waals surface area (Å²) in [6.45, 7) is 4.18. The molecular weight excluding hydrogens is 286 g/mol. The largest absolute Gasteiger partial charge is 0.377 e. The molecule has 0 radical (unpaired) electrons. The molecule has 2 heterocycles. The molecule has 4 heteroatoms. The number of thioether (sulfide) groups is 1. The molecule has 0 spiro atoms. The highest BCUT2D eigenvalue weighted by molar-refractivity contribution is 8.01. The van der Waals surface area contributed by atoms with Crippen molar-refractivity contribution in [2.75, 3.05) is 13.2 Å². The molecule has 2 aliphatic rings. The maximum atomic E-state index is 6.01. The van der Waals surface area contributed by atoms with E-state index in [-0.39, 0.29) is 0 Å². The summed E-state index contributed by atoms with van der Waals surface area (Å²) in [5, 5.41) is 6.65. The molecule has 3 rings (SSSR count). The van der Waals surface area contributed by atoms with E-state index in [1.807, 2.05) is 23.1 Å². The number of fused-ring (bicyclic) bond motifs is 1. The van der Waals surface area contributed by atoms with Gasteiger partial charge in [0.2, 0.25) is 0 Å². The lowest BCUT2D eigenvalue weighted by molar-refractivity contribution is 0.0292. The highest BCUT2D eigenvalue weighted by atomic mass is 32.2. The normalized spacial score (nSPS) is 27.4. The topological polar surface area (TPSA) is 21.3 Å². The van der Waals surface area contributed by atoms with E-state index in [0.717, 1.165) is 18.4 Å². The third-order valence-electron chi connectivity index (χ3n) is 4.31. The van der Waals surface area contributed by atoms with Crippen LogP contribution in [0.1, 0.15) is 57.1 Å². The summed E-state index contributed by atoms with van der Waals surface area (Å²) in [6, 6.07) is 2.82. The van der Waals surface area contributed by atoms with E-state index in [2.05, 4.69) is 23.7 Å². The van der Waals surface area contributed by atoms with Crippen molar-refractivity contribution in [2.24, 2.45) is 0 Å². The Labute approximate surface area is 130 Å². The first-order valence-electron chi connectivity index (χ1n) is 7.92. The van der Waals surface area contributed by atoms with Gasteiger partial charge in [0.15, 0.2) is 0 Å². The van der Waals surface area contributed by atoms with Gasteiger partial charge in [0.05, 0.1) is 16.9 Å². The van der Waals surface area contributed by atoms with E-state index >= 15 is 0 Å². The third-order valence-corrected chi connectivity index (χ3v) is 6.65. The van der Waals surface area contributed by atoms with Crippen LogP contribution >= 0.6 is 23.1 Å². The fourth-order valence-corrected chi connectivity index (χ4v) is 5.80. The van der Waals surface area contributed by atoms with Gasteiger partial charge in [0.25, 0.3) is 0 Å². The van der Waals surface area contributed by atoms with Crippen molar-refractivity contribution in [1.82, 2.24) is 5.32 Å². The third kappa shape index (κ3) is 3.79. The maximum absolute atomic E-state index is 6.01. The molecule has 1 N–H and O–H groups in total. The Hall–Kier alpha value is -0.0300. The average molecular weight is 312 g/mol. The van der Waals surface area contributed by atoms with E-state index in [0.29, 0.717) is 12.1 Å². The summed E-state index contributed by atoms with van der Waals surface area (Å²) in [6.07, 6.45) is 8.41. The number of ether oxygens (including phenoxy) is 1. The van der Waals surface area contributed by atoms with Gasteiger partial charge in [-0.25, -0.2) is 0 Å². The van der Waals surface area contributed by atoms with E-state index < -0.39 is 0 Å². The van der Waals surface area contributed by atoms with Crippen LogP contribution in [0.25, 0.3) is 0 Å². The summed E-state index contributed by atoms with van der Waals surface area (Å²) in [4.78, 5) is 0. The maximum Gasteiger partial charge on any atom is 0.0649 e. The minimum absolute atomic E-state index is 0.530. The van der Waals surface area contributed by atoms with Gasteiger partial charge < -0.3 is 10.1 Å². The molecule has 1 aliphatic heterocycles. The van der Waals surface area contributed by atoms with Crippen molar-refractivity contribution in [1.29, 1.82) is 0 Å². The van der Waals surface area contributed by atoms with Crippen LogP contribution < -0.4 is 5.32 Å². The molecule has 0 bridgehead atoms. The van der Waals surface area contributed by atoms with Gasteiger partial charge in [-0.2, -0.15) is 0 Å². The van der Waals surface area contributed by atoms with Crippen molar-refractivity contribution in [2.45, 2.75) is 67.1 Å². The van der Waals surface area contributed by atoms with E-state index in [4.69, 9.17) is 4.74 Å². The first-order valence-corrected chi connectivity index (χ1v) is 9.68. The Morgan fingerprint density at radius 3 is 3.00 bits per heavy atom. The van der Waals surface area contributed by atoms with Crippen molar-refractivity contribution in [3.63, 3.8) is 0 Å². The van der Waals surface area contributed by atoms with Crippen molar-refractivity contribution in [3.8, 4) is 0 Å². The number of hydrogen-bond acceptors (Lipinski definition) is 4. The fourth-order valence-electron chi connectivity index (χ4n) is 3.23. The standard InChI is InChI=1S/C16H25NOS2/c1-12-11-15(14-7-10-19-16(14)20-12)17-8-9-18-13-5-3-2-4-6-13/h7,10,12-13,15,17H,2-6,8-9,11H2,1H3/t12-,15?/m0/s1. The molecule has 1 aliphatic carbocycles. The van der Waals surface area contributed by atoms with Gasteiger partial charge in [-0.15, -0.1) is 23.1 Å². The van der Waals surface area contributed by atoms with Crippen LogP contribution in [-0.4, -0.2) is 24.5 Å². The Bertz CT molecular complexity index is 414. The SMILES string of the molecule is C[C@H]1CC(NCCOC2CCCCC2)c2ccsc2S1. The van der Waals surface area contributed by atoms with Crippen LogP contribution in [-0.2, 0) is 4.74 Å². The van der Waals surface area contributed by atoms with Gasteiger partial charge in [0, 0.05) is 17.8 Å². The van der Waals surface area contributed by atoms with Crippen molar-refractivity contribution < 1.29 is 4.74 Å². The van der Waals surface area contributed by atoms with Gasteiger partial charge in [-0.1, -0.05) is 26.2 Å². The summed E-state index contributed by atoms with van der Waals surface area (Å²) < 4.78 is 7.51. The summed E-state index contributed by atoms with van der Waals surface area (Å²) >= 11 is 3.92. The predicted octanol–water partition coefficient (Wildman–Crippen LogP) is 4.61. The number of nitrogens with one attached hydrogen (secondary N) is 1. The Morgan fingerprint density at radius 2 is 2.15 bits per heavy atom.